The molecule has 1 unspecified atom stereocenters. The molecular weight excluding hydrogens is 472 g/mol. The topological polar surface area (TPSA) is 41.0 Å². The zero-order valence-electron chi connectivity index (χ0n) is 21.0. The SMILES string of the molecule is COC1CCN(CCCN2CCN(c3ccc(Cl)cc3)CC2)C(=O)c2ccn(Cc3ccccc3)c21. The molecule has 0 aliphatic carbocycles. The number of carbonyl (C=O) groups is 1. The van der Waals surface area contributed by atoms with E-state index in [-0.39, 0.29) is 12.0 Å². The summed E-state index contributed by atoms with van der Waals surface area (Å²) in [6.45, 7) is 7.34. The lowest BCUT2D eigenvalue weighted by molar-refractivity contribution is 0.0688. The number of methoxy groups -OCH3 is 1. The maximum Gasteiger partial charge on any atom is 0.255 e. The van der Waals surface area contributed by atoms with Gasteiger partial charge in [0.2, 0.25) is 0 Å². The number of ether oxygens (including phenoxy) is 1. The number of amides is 1. The van der Waals surface area contributed by atoms with Crippen molar-refractivity contribution in [3.63, 3.8) is 0 Å². The Labute approximate surface area is 219 Å². The molecule has 2 aliphatic heterocycles. The van der Waals surface area contributed by atoms with E-state index >= 15 is 0 Å². The van der Waals surface area contributed by atoms with E-state index in [2.05, 4.69) is 50.8 Å². The average molecular weight is 507 g/mol. The fraction of sp³-hybridized carbons (Fsp3) is 0.414. The van der Waals surface area contributed by atoms with Gasteiger partial charge in [-0.3, -0.25) is 9.69 Å². The van der Waals surface area contributed by atoms with E-state index in [1.54, 1.807) is 7.11 Å². The first-order valence-electron chi connectivity index (χ1n) is 12.9. The van der Waals surface area contributed by atoms with Crippen LogP contribution in [0.1, 0.15) is 40.6 Å². The second kappa shape index (κ2) is 11.5. The standard InChI is InChI=1S/C29H35ClN4O2/c1-36-27-13-17-33(29(35)26-12-16-34(28(26)27)22-23-6-3-2-4-7-23)15-5-14-31-18-20-32(21-19-31)25-10-8-24(30)9-11-25/h2-4,6-12,16,27H,5,13-15,17-22H2,1H3. The lowest BCUT2D eigenvalue weighted by Crippen LogP contribution is -2.47. The van der Waals surface area contributed by atoms with E-state index in [0.717, 1.165) is 81.5 Å². The van der Waals surface area contributed by atoms with Crippen LogP contribution in [0.2, 0.25) is 5.02 Å². The predicted octanol–water partition coefficient (Wildman–Crippen LogP) is 4.94. The number of fused-ring (bicyclic) bond motifs is 1. The largest absolute Gasteiger partial charge is 0.375 e. The number of nitrogens with zero attached hydrogens (tertiary/aromatic N) is 4. The fourth-order valence-electron chi connectivity index (χ4n) is 5.43. The molecule has 36 heavy (non-hydrogen) atoms. The van der Waals surface area contributed by atoms with E-state index in [9.17, 15) is 4.79 Å². The Kier molecular flexibility index (Phi) is 7.95. The van der Waals surface area contributed by atoms with Crippen molar-refractivity contribution in [1.29, 1.82) is 0 Å². The van der Waals surface area contributed by atoms with Crippen molar-refractivity contribution in [3.8, 4) is 0 Å². The van der Waals surface area contributed by atoms with E-state index in [4.69, 9.17) is 16.3 Å². The number of benzene rings is 2. The molecule has 0 bridgehead atoms. The first kappa shape index (κ1) is 24.9. The minimum atomic E-state index is -0.0754. The zero-order valence-corrected chi connectivity index (χ0v) is 21.7. The van der Waals surface area contributed by atoms with Crippen molar-refractivity contribution in [2.24, 2.45) is 0 Å². The summed E-state index contributed by atoms with van der Waals surface area (Å²) in [7, 11) is 1.75. The highest BCUT2D eigenvalue weighted by Gasteiger charge is 2.31. The highest BCUT2D eigenvalue weighted by molar-refractivity contribution is 6.30. The minimum Gasteiger partial charge on any atom is -0.375 e. The molecule has 190 valence electrons. The molecule has 0 radical (unpaired) electrons. The molecular formula is C29H35ClN4O2. The number of carbonyl (C=O) groups excluding carboxylic acids is 1. The molecule has 1 amide bonds. The number of aromatic nitrogens is 1. The van der Waals surface area contributed by atoms with Crippen molar-refractivity contribution in [1.82, 2.24) is 14.4 Å². The Morgan fingerprint density at radius 2 is 1.67 bits per heavy atom. The van der Waals surface area contributed by atoms with Gasteiger partial charge in [-0.1, -0.05) is 41.9 Å². The minimum absolute atomic E-state index is 0.0754. The molecule has 3 aromatic rings. The fourth-order valence-corrected chi connectivity index (χ4v) is 5.56. The van der Waals surface area contributed by atoms with Gasteiger partial charge >= 0.3 is 0 Å². The molecule has 2 aromatic carbocycles. The average Bonchev–Trinajstić information content (AvgIpc) is 3.26. The Morgan fingerprint density at radius 3 is 2.39 bits per heavy atom. The van der Waals surface area contributed by atoms with Crippen molar-refractivity contribution in [2.45, 2.75) is 25.5 Å². The maximum atomic E-state index is 13.5. The normalized spacial score (nSPS) is 18.8. The first-order chi connectivity index (χ1) is 17.6. The van der Waals surface area contributed by atoms with Crippen LogP contribution in [0.5, 0.6) is 0 Å². The number of anilines is 1. The number of hydrogen-bond donors (Lipinski definition) is 0. The van der Waals surface area contributed by atoms with Gasteiger partial charge in [-0.25, -0.2) is 0 Å². The Balaban J connectivity index is 1.16. The van der Waals surface area contributed by atoms with Crippen molar-refractivity contribution >= 4 is 23.2 Å². The molecule has 0 N–H and O–H groups in total. The molecule has 7 heteroatoms. The van der Waals surface area contributed by atoms with Gasteiger partial charge in [0.15, 0.2) is 0 Å². The highest BCUT2D eigenvalue weighted by atomic mass is 35.5. The summed E-state index contributed by atoms with van der Waals surface area (Å²) in [5, 5.41) is 0.775. The monoisotopic (exact) mass is 506 g/mol. The summed E-state index contributed by atoms with van der Waals surface area (Å²) in [5.74, 6) is 0.129. The van der Waals surface area contributed by atoms with Crippen LogP contribution in [0.15, 0.2) is 66.9 Å². The molecule has 3 heterocycles. The van der Waals surface area contributed by atoms with Crippen LogP contribution in [0.3, 0.4) is 0 Å². The summed E-state index contributed by atoms with van der Waals surface area (Å²) in [4.78, 5) is 20.4. The molecule has 0 saturated carbocycles. The molecule has 1 saturated heterocycles. The second-order valence-corrected chi connectivity index (χ2v) is 10.1. The summed E-state index contributed by atoms with van der Waals surface area (Å²) in [5.41, 5.74) is 4.24. The van der Waals surface area contributed by atoms with Crippen LogP contribution in [0.25, 0.3) is 0 Å². The van der Waals surface area contributed by atoms with Gasteiger partial charge in [0.05, 0.1) is 17.4 Å². The van der Waals surface area contributed by atoms with Gasteiger partial charge in [-0.05, 0) is 55.3 Å². The Bertz CT molecular complexity index is 1140. The molecule has 5 rings (SSSR count). The third-order valence-electron chi connectivity index (χ3n) is 7.44. The van der Waals surface area contributed by atoms with Crippen LogP contribution in [0, 0.1) is 0 Å². The van der Waals surface area contributed by atoms with Gasteiger partial charge < -0.3 is 19.1 Å². The van der Waals surface area contributed by atoms with Crippen LogP contribution >= 0.6 is 11.6 Å². The van der Waals surface area contributed by atoms with Crippen molar-refractivity contribution in [3.05, 3.63) is 88.7 Å². The maximum absolute atomic E-state index is 13.5. The van der Waals surface area contributed by atoms with E-state index < -0.39 is 0 Å². The summed E-state index contributed by atoms with van der Waals surface area (Å²) in [6, 6.07) is 20.4. The van der Waals surface area contributed by atoms with Crippen LogP contribution < -0.4 is 4.90 Å². The zero-order chi connectivity index (χ0) is 24.9. The molecule has 1 fully saturated rings. The second-order valence-electron chi connectivity index (χ2n) is 9.69. The smallest absolute Gasteiger partial charge is 0.255 e. The number of halogens is 1. The van der Waals surface area contributed by atoms with Crippen molar-refractivity contribution in [2.75, 3.05) is 57.8 Å². The summed E-state index contributed by atoms with van der Waals surface area (Å²) < 4.78 is 8.04. The van der Waals surface area contributed by atoms with Crippen LogP contribution in [-0.4, -0.2) is 73.2 Å². The molecule has 2 aliphatic rings. The van der Waals surface area contributed by atoms with E-state index in [0.29, 0.717) is 0 Å². The molecule has 0 spiro atoms. The summed E-state index contributed by atoms with van der Waals surface area (Å²) >= 11 is 6.03. The van der Waals surface area contributed by atoms with Gasteiger partial charge in [0, 0.05) is 69.8 Å². The van der Waals surface area contributed by atoms with Crippen LogP contribution in [-0.2, 0) is 11.3 Å². The Morgan fingerprint density at radius 1 is 0.917 bits per heavy atom. The quantitative estimate of drug-likeness (QED) is 0.434. The molecule has 1 aromatic heterocycles. The predicted molar refractivity (Wildman–Crippen MR) is 145 cm³/mol. The van der Waals surface area contributed by atoms with Crippen LogP contribution in [0.4, 0.5) is 5.69 Å². The van der Waals surface area contributed by atoms with Gasteiger partial charge in [-0.2, -0.15) is 0 Å². The molecule has 1 atom stereocenters. The first-order valence-corrected chi connectivity index (χ1v) is 13.3. The van der Waals surface area contributed by atoms with Gasteiger partial charge in [0.1, 0.15) is 0 Å². The number of piperazine rings is 1. The highest BCUT2D eigenvalue weighted by Crippen LogP contribution is 2.31. The summed E-state index contributed by atoms with van der Waals surface area (Å²) in [6.07, 6.45) is 3.75. The van der Waals surface area contributed by atoms with Gasteiger partial charge in [-0.15, -0.1) is 0 Å². The molecule has 6 nitrogen and oxygen atoms in total. The van der Waals surface area contributed by atoms with E-state index in [1.165, 1.54) is 11.3 Å². The van der Waals surface area contributed by atoms with E-state index in [1.807, 2.05) is 35.4 Å². The lowest BCUT2D eigenvalue weighted by atomic mass is 10.1. The third kappa shape index (κ3) is 5.61. The van der Waals surface area contributed by atoms with Gasteiger partial charge in [0.25, 0.3) is 5.91 Å². The Hall–Kier alpha value is -2.80. The third-order valence-corrected chi connectivity index (χ3v) is 7.69. The number of rotatable bonds is 8. The number of hydrogen-bond acceptors (Lipinski definition) is 4. The van der Waals surface area contributed by atoms with Crippen molar-refractivity contribution < 1.29 is 9.53 Å². The lowest BCUT2D eigenvalue weighted by Gasteiger charge is -2.36.